The highest BCUT2D eigenvalue weighted by Crippen LogP contribution is 2.45. The topological polar surface area (TPSA) is 237 Å². The molecule has 0 fully saturated rings. The lowest BCUT2D eigenvalue weighted by Gasteiger charge is -2.21. The molecule has 0 saturated heterocycles. The van der Waals surface area contributed by atoms with E-state index in [1.165, 1.54) is 244 Å². The average Bonchev–Trinajstić information content (AvgIpc) is 1.19. The number of carbonyl (C=O) groups is 4. The van der Waals surface area contributed by atoms with Crippen LogP contribution < -0.4 is 0 Å². The standard InChI is InChI=1S/C83H162O17P2/c1-8-10-11-12-13-14-15-16-17-18-19-20-25-31-36-45-52-59-66-82(87)99-78(70-93-80(85)64-57-50-43-35-30-24-22-21-23-28-33-40-47-54-61-74(3)4)72-97-101(89,90)95-68-77(84)69-96-102(91,92)98-73-79(71-94-81(86)65-58-51-44-39-38-42-49-56-63-76(7)9-2)100-83(88)67-60-53-46-37-32-27-26-29-34-41-48-55-62-75(5)6/h74-79,84H,8-73H2,1-7H3,(H,89,90)(H,91,92)/t76?,77-,78-,79-/m1/s1. The molecule has 606 valence electrons. The van der Waals surface area contributed by atoms with Crippen molar-refractivity contribution in [2.24, 2.45) is 17.8 Å². The van der Waals surface area contributed by atoms with Crippen molar-refractivity contribution < 1.29 is 80.2 Å². The number of hydrogen-bond acceptors (Lipinski definition) is 15. The van der Waals surface area contributed by atoms with Gasteiger partial charge in [0.2, 0.25) is 0 Å². The maximum absolute atomic E-state index is 13.1. The minimum atomic E-state index is -4.96. The number of phosphoric ester groups is 2. The van der Waals surface area contributed by atoms with Gasteiger partial charge in [0.05, 0.1) is 26.4 Å². The Kier molecular flexibility index (Phi) is 71.8. The number of aliphatic hydroxyl groups excluding tert-OH is 1. The summed E-state index contributed by atoms with van der Waals surface area (Å²) in [6.45, 7) is 12.0. The van der Waals surface area contributed by atoms with Crippen molar-refractivity contribution >= 4 is 39.5 Å². The first kappa shape index (κ1) is 100. The summed E-state index contributed by atoms with van der Waals surface area (Å²) in [6.07, 6.45) is 62.3. The summed E-state index contributed by atoms with van der Waals surface area (Å²) in [5, 5.41) is 10.7. The van der Waals surface area contributed by atoms with Crippen molar-refractivity contribution in [3.8, 4) is 0 Å². The fourth-order valence-corrected chi connectivity index (χ4v) is 14.4. The minimum Gasteiger partial charge on any atom is -0.462 e. The first-order valence-electron chi connectivity index (χ1n) is 42.9. The Morgan fingerprint density at radius 3 is 0.745 bits per heavy atom. The predicted molar refractivity (Wildman–Crippen MR) is 418 cm³/mol. The maximum Gasteiger partial charge on any atom is 0.472 e. The fourth-order valence-electron chi connectivity index (χ4n) is 12.8. The van der Waals surface area contributed by atoms with Gasteiger partial charge in [-0.2, -0.15) is 0 Å². The summed E-state index contributed by atoms with van der Waals surface area (Å²) >= 11 is 0. The average molecular weight is 1490 g/mol. The van der Waals surface area contributed by atoms with Crippen LogP contribution in [0.4, 0.5) is 0 Å². The van der Waals surface area contributed by atoms with E-state index in [2.05, 4.69) is 48.5 Å². The first-order valence-corrected chi connectivity index (χ1v) is 45.9. The van der Waals surface area contributed by atoms with Gasteiger partial charge >= 0.3 is 39.5 Å². The molecule has 0 heterocycles. The number of ether oxygens (including phenoxy) is 4. The van der Waals surface area contributed by atoms with Gasteiger partial charge in [0.25, 0.3) is 0 Å². The van der Waals surface area contributed by atoms with E-state index in [0.29, 0.717) is 25.7 Å². The molecule has 0 aliphatic rings. The third-order valence-electron chi connectivity index (χ3n) is 19.7. The molecule has 19 heteroatoms. The summed E-state index contributed by atoms with van der Waals surface area (Å²) in [7, 11) is -9.93. The lowest BCUT2D eigenvalue weighted by Crippen LogP contribution is -2.30. The molecule has 0 aliphatic carbocycles. The summed E-state index contributed by atoms with van der Waals surface area (Å²) in [5.41, 5.74) is 0. The van der Waals surface area contributed by atoms with Gasteiger partial charge < -0.3 is 33.8 Å². The molecule has 6 atom stereocenters. The lowest BCUT2D eigenvalue weighted by atomic mass is 9.99. The third kappa shape index (κ3) is 74.9. The van der Waals surface area contributed by atoms with Crippen LogP contribution in [0, 0.1) is 17.8 Å². The molecule has 0 aromatic rings. The van der Waals surface area contributed by atoms with Gasteiger partial charge in [-0.1, -0.05) is 382 Å². The maximum atomic E-state index is 13.1. The molecule has 17 nitrogen and oxygen atoms in total. The van der Waals surface area contributed by atoms with Crippen molar-refractivity contribution in [1.82, 2.24) is 0 Å². The highest BCUT2D eigenvalue weighted by atomic mass is 31.2. The second kappa shape index (κ2) is 73.2. The molecule has 3 N–H and O–H groups in total. The Bertz CT molecular complexity index is 1980. The highest BCUT2D eigenvalue weighted by molar-refractivity contribution is 7.47. The second-order valence-electron chi connectivity index (χ2n) is 31.1. The Hall–Kier alpha value is -1.94. The number of unbranched alkanes of at least 4 members (excludes halogenated alkanes) is 48. The molecule has 102 heavy (non-hydrogen) atoms. The van der Waals surface area contributed by atoms with Crippen molar-refractivity contribution in [3.63, 3.8) is 0 Å². The number of rotatable bonds is 81. The van der Waals surface area contributed by atoms with Gasteiger partial charge in [0, 0.05) is 25.7 Å². The SMILES string of the molecule is CCCCCCCCCCCCCCCCCCCCC(=O)O[C@H](COC(=O)CCCCCCCCCCCCCCCCC(C)C)COP(=O)(O)OC[C@@H](O)COP(=O)(O)OC[C@@H](COC(=O)CCCCCCCCCCC(C)CC)OC(=O)CCCCCCCCCCCCCCC(C)C. The zero-order chi connectivity index (χ0) is 75.1. The Morgan fingerprint density at radius 2 is 0.500 bits per heavy atom. The van der Waals surface area contributed by atoms with E-state index >= 15 is 0 Å². The molecule has 0 aromatic heterocycles. The molecule has 0 spiro atoms. The van der Waals surface area contributed by atoms with Crippen LogP contribution in [0.2, 0.25) is 0 Å². The van der Waals surface area contributed by atoms with Crippen LogP contribution in [0.25, 0.3) is 0 Å². The summed E-state index contributed by atoms with van der Waals surface area (Å²) in [6, 6.07) is 0. The van der Waals surface area contributed by atoms with Gasteiger partial charge in [-0.25, -0.2) is 9.13 Å². The molecule has 0 saturated carbocycles. The normalized spacial score (nSPS) is 14.2. The van der Waals surface area contributed by atoms with Crippen LogP contribution in [-0.2, 0) is 65.4 Å². The second-order valence-corrected chi connectivity index (χ2v) is 34.0. The molecule has 0 aliphatic heterocycles. The van der Waals surface area contributed by atoms with E-state index in [9.17, 15) is 43.2 Å². The Balaban J connectivity index is 5.27. The first-order chi connectivity index (χ1) is 49.3. The van der Waals surface area contributed by atoms with E-state index in [1.54, 1.807) is 0 Å². The van der Waals surface area contributed by atoms with Crippen molar-refractivity contribution in [1.29, 1.82) is 0 Å². The summed E-state index contributed by atoms with van der Waals surface area (Å²) < 4.78 is 68.8. The quantitative estimate of drug-likeness (QED) is 0.0222. The van der Waals surface area contributed by atoms with Crippen molar-refractivity contribution in [2.75, 3.05) is 39.6 Å². The van der Waals surface area contributed by atoms with Gasteiger partial charge in [-0.3, -0.25) is 37.3 Å². The van der Waals surface area contributed by atoms with Crippen LogP contribution in [0.5, 0.6) is 0 Å². The van der Waals surface area contributed by atoms with E-state index in [1.807, 2.05) is 0 Å². The van der Waals surface area contributed by atoms with Gasteiger partial charge in [0.15, 0.2) is 12.2 Å². The van der Waals surface area contributed by atoms with E-state index in [4.69, 9.17) is 37.0 Å². The molecule has 0 amide bonds. The zero-order valence-corrected chi connectivity index (χ0v) is 68.9. The monoisotopic (exact) mass is 1490 g/mol. The van der Waals surface area contributed by atoms with Gasteiger partial charge in [-0.15, -0.1) is 0 Å². The predicted octanol–water partition coefficient (Wildman–Crippen LogP) is 24.9. The number of aliphatic hydroxyl groups is 1. The van der Waals surface area contributed by atoms with Crippen LogP contribution in [0.15, 0.2) is 0 Å². The van der Waals surface area contributed by atoms with Crippen molar-refractivity contribution in [3.05, 3.63) is 0 Å². The van der Waals surface area contributed by atoms with Gasteiger partial charge in [-0.05, 0) is 43.4 Å². The lowest BCUT2D eigenvalue weighted by molar-refractivity contribution is -0.161. The molecule has 0 bridgehead atoms. The Labute approximate surface area is 626 Å². The van der Waals surface area contributed by atoms with E-state index < -0.39 is 97.5 Å². The van der Waals surface area contributed by atoms with Crippen LogP contribution in [0.3, 0.4) is 0 Å². The number of hydrogen-bond donors (Lipinski definition) is 3. The molecule has 0 rings (SSSR count). The van der Waals surface area contributed by atoms with E-state index in [-0.39, 0.29) is 25.7 Å². The molecule has 0 aromatic carbocycles. The van der Waals surface area contributed by atoms with Crippen LogP contribution in [-0.4, -0.2) is 96.7 Å². The molecule has 0 radical (unpaired) electrons. The minimum absolute atomic E-state index is 0.106. The molecular formula is C83H162O17P2. The largest absolute Gasteiger partial charge is 0.472 e. The van der Waals surface area contributed by atoms with Gasteiger partial charge in [0.1, 0.15) is 19.3 Å². The number of carbonyl (C=O) groups excluding carboxylic acids is 4. The molecular weight excluding hydrogens is 1330 g/mol. The summed E-state index contributed by atoms with van der Waals surface area (Å²) in [5.74, 6) is 0.246. The molecule has 3 unspecified atom stereocenters. The number of phosphoric acid groups is 2. The summed E-state index contributed by atoms with van der Waals surface area (Å²) in [4.78, 5) is 73.2. The zero-order valence-electron chi connectivity index (χ0n) is 67.1. The smallest absolute Gasteiger partial charge is 0.462 e. The fraction of sp³-hybridized carbons (Fsp3) is 0.952. The highest BCUT2D eigenvalue weighted by Gasteiger charge is 2.30. The van der Waals surface area contributed by atoms with Crippen LogP contribution >= 0.6 is 15.6 Å². The van der Waals surface area contributed by atoms with Crippen LogP contribution in [0.1, 0.15) is 434 Å². The number of esters is 4. The van der Waals surface area contributed by atoms with Crippen molar-refractivity contribution in [2.45, 2.75) is 452 Å². The van der Waals surface area contributed by atoms with E-state index in [0.717, 1.165) is 108 Å². The Morgan fingerprint density at radius 1 is 0.284 bits per heavy atom. The third-order valence-corrected chi connectivity index (χ3v) is 21.6.